The van der Waals surface area contributed by atoms with Crippen LogP contribution < -0.4 is 10.1 Å². The zero-order valence-corrected chi connectivity index (χ0v) is 14.5. The molecule has 0 bridgehead atoms. The lowest BCUT2D eigenvalue weighted by molar-refractivity contribution is 0.0696. The molecule has 0 unspecified atom stereocenters. The first-order chi connectivity index (χ1) is 13.0. The van der Waals surface area contributed by atoms with Crippen LogP contribution in [0.25, 0.3) is 16.4 Å². The van der Waals surface area contributed by atoms with Gasteiger partial charge in [-0.15, -0.1) is 0 Å². The number of H-pyrrole nitrogens is 1. The van der Waals surface area contributed by atoms with E-state index >= 15 is 0 Å². The van der Waals surface area contributed by atoms with Gasteiger partial charge in [-0.3, -0.25) is 9.89 Å². The zero-order valence-electron chi connectivity index (χ0n) is 14.5. The van der Waals surface area contributed by atoms with Crippen molar-refractivity contribution in [2.24, 2.45) is 0 Å². The molecule has 0 atom stereocenters. The van der Waals surface area contributed by atoms with Crippen molar-refractivity contribution in [2.45, 2.75) is 6.92 Å². The van der Waals surface area contributed by atoms with Crippen LogP contribution in [0.5, 0.6) is 11.5 Å². The summed E-state index contributed by atoms with van der Waals surface area (Å²) in [6, 6.07) is 6.85. The Hall–Kier alpha value is -3.88. The third-order valence-electron chi connectivity index (χ3n) is 4.32. The summed E-state index contributed by atoms with van der Waals surface area (Å²) in [5.41, 5.74) is 2.26. The number of rotatable bonds is 4. The monoisotopic (exact) mass is 365 g/mol. The largest absolute Gasteiger partial charge is 0.478 e. The first-order valence-electron chi connectivity index (χ1n) is 8.08. The Morgan fingerprint density at radius 3 is 2.85 bits per heavy atom. The topological polar surface area (TPSA) is 122 Å². The number of nitrogens with one attached hydrogen (secondary N) is 2. The molecule has 3 aromatic heterocycles. The number of carbonyl (C=O) groups excluding carboxylic acids is 1. The molecule has 3 N–H and O–H groups in total. The zero-order chi connectivity index (χ0) is 19.1. The van der Waals surface area contributed by atoms with E-state index in [1.54, 1.807) is 38.2 Å². The van der Waals surface area contributed by atoms with E-state index in [9.17, 15) is 14.7 Å². The van der Waals surface area contributed by atoms with Crippen LogP contribution in [-0.4, -0.2) is 43.8 Å². The number of carboxylic acid groups (broad SMARTS) is 1. The Morgan fingerprint density at radius 2 is 2.11 bits per heavy atom. The molecule has 0 aliphatic carbocycles. The van der Waals surface area contributed by atoms with E-state index in [0.29, 0.717) is 39.2 Å². The maximum Gasteiger partial charge on any atom is 0.337 e. The highest BCUT2D eigenvalue weighted by Gasteiger charge is 2.18. The summed E-state index contributed by atoms with van der Waals surface area (Å²) in [4.78, 5) is 23.2. The van der Waals surface area contributed by atoms with Gasteiger partial charge >= 0.3 is 5.97 Å². The van der Waals surface area contributed by atoms with Gasteiger partial charge in [0.2, 0.25) is 0 Å². The molecule has 1 aromatic carbocycles. The predicted octanol–water partition coefficient (Wildman–Crippen LogP) is 2.37. The Kier molecular flexibility index (Phi) is 3.76. The smallest absolute Gasteiger partial charge is 0.337 e. The van der Waals surface area contributed by atoms with Gasteiger partial charge in [-0.1, -0.05) is 0 Å². The molecule has 9 heteroatoms. The van der Waals surface area contributed by atoms with Crippen molar-refractivity contribution in [3.63, 3.8) is 0 Å². The number of aromatic nitrogens is 4. The van der Waals surface area contributed by atoms with E-state index in [0.717, 1.165) is 0 Å². The fourth-order valence-electron chi connectivity index (χ4n) is 3.00. The number of amides is 1. The molecular formula is C18H15N5O4. The van der Waals surface area contributed by atoms with E-state index in [-0.39, 0.29) is 11.5 Å². The van der Waals surface area contributed by atoms with Gasteiger partial charge in [0.15, 0.2) is 11.4 Å². The minimum atomic E-state index is -1.02. The lowest BCUT2D eigenvalue weighted by Gasteiger charge is -2.08. The number of aromatic amines is 1. The number of hydrogen-bond acceptors (Lipinski definition) is 5. The van der Waals surface area contributed by atoms with E-state index in [4.69, 9.17) is 4.74 Å². The molecule has 0 spiro atoms. The van der Waals surface area contributed by atoms with Crippen molar-refractivity contribution < 1.29 is 19.4 Å². The number of hydrogen-bond donors (Lipinski definition) is 3. The standard InChI is InChI=1S/C18H15N5O4/c1-9-12(18(25)26)8-23-16(9)14(5-6-20-23)27-10-3-4-11-13(7-10)21-22-15(11)17(24)19-2/h3-8H,1-2H3,(H,19,24)(H,21,22)(H,25,26). The Bertz CT molecular complexity index is 1210. The second-order valence-electron chi connectivity index (χ2n) is 5.92. The van der Waals surface area contributed by atoms with Gasteiger partial charge in [0, 0.05) is 30.8 Å². The third-order valence-corrected chi connectivity index (χ3v) is 4.32. The van der Waals surface area contributed by atoms with E-state index in [2.05, 4.69) is 20.6 Å². The van der Waals surface area contributed by atoms with Crippen molar-refractivity contribution >= 4 is 28.3 Å². The van der Waals surface area contributed by atoms with Gasteiger partial charge in [-0.05, 0) is 24.6 Å². The Morgan fingerprint density at radius 1 is 1.30 bits per heavy atom. The number of aryl methyl sites for hydroxylation is 1. The van der Waals surface area contributed by atoms with Crippen LogP contribution in [0.15, 0.2) is 36.7 Å². The molecule has 27 heavy (non-hydrogen) atoms. The Labute approximate surface area is 152 Å². The van der Waals surface area contributed by atoms with Gasteiger partial charge < -0.3 is 15.2 Å². The van der Waals surface area contributed by atoms with E-state index in [1.807, 2.05) is 0 Å². The van der Waals surface area contributed by atoms with Crippen molar-refractivity contribution in [1.29, 1.82) is 0 Å². The predicted molar refractivity (Wildman–Crippen MR) is 96.4 cm³/mol. The maximum atomic E-state index is 11.8. The SMILES string of the molecule is CNC(=O)c1n[nH]c2cc(Oc3ccnn4cc(C(=O)O)c(C)c34)ccc12. The first-order valence-corrected chi connectivity index (χ1v) is 8.08. The second-order valence-corrected chi connectivity index (χ2v) is 5.92. The molecule has 4 aromatic rings. The average molecular weight is 365 g/mol. The quantitative estimate of drug-likeness (QED) is 0.510. The molecule has 0 aliphatic rings. The van der Waals surface area contributed by atoms with Crippen molar-refractivity contribution in [3.8, 4) is 11.5 Å². The molecule has 0 saturated carbocycles. The molecule has 0 radical (unpaired) electrons. The summed E-state index contributed by atoms with van der Waals surface area (Å²) >= 11 is 0. The average Bonchev–Trinajstić information content (AvgIpc) is 3.23. The Balaban J connectivity index is 1.76. The highest BCUT2D eigenvalue weighted by Crippen LogP contribution is 2.31. The number of carbonyl (C=O) groups is 2. The van der Waals surface area contributed by atoms with Crippen LogP contribution in [0.4, 0.5) is 0 Å². The van der Waals surface area contributed by atoms with Gasteiger partial charge in [-0.25, -0.2) is 9.31 Å². The maximum absolute atomic E-state index is 11.8. The number of carboxylic acids is 1. The number of nitrogens with zero attached hydrogens (tertiary/aromatic N) is 3. The van der Waals surface area contributed by atoms with E-state index < -0.39 is 5.97 Å². The molecule has 9 nitrogen and oxygen atoms in total. The minimum absolute atomic E-state index is 0.165. The molecule has 3 heterocycles. The van der Waals surface area contributed by atoms with Crippen LogP contribution in [0.2, 0.25) is 0 Å². The summed E-state index contributed by atoms with van der Waals surface area (Å²) in [7, 11) is 1.54. The first kappa shape index (κ1) is 16.6. The number of ether oxygens (including phenoxy) is 1. The molecule has 136 valence electrons. The molecular weight excluding hydrogens is 350 g/mol. The molecule has 0 saturated heterocycles. The fourth-order valence-corrected chi connectivity index (χ4v) is 3.00. The van der Waals surface area contributed by atoms with Gasteiger partial charge in [0.05, 0.1) is 17.3 Å². The molecule has 0 fully saturated rings. The van der Waals surface area contributed by atoms with Crippen molar-refractivity contribution in [2.75, 3.05) is 7.05 Å². The van der Waals surface area contributed by atoms with Crippen LogP contribution in [-0.2, 0) is 0 Å². The number of fused-ring (bicyclic) bond motifs is 2. The summed E-state index contributed by atoms with van der Waals surface area (Å²) in [5.74, 6) is -0.319. The van der Waals surface area contributed by atoms with Crippen LogP contribution in [0, 0.1) is 6.92 Å². The van der Waals surface area contributed by atoms with Crippen LogP contribution in [0.3, 0.4) is 0 Å². The van der Waals surface area contributed by atoms with Gasteiger partial charge in [-0.2, -0.15) is 10.2 Å². The van der Waals surface area contributed by atoms with Crippen LogP contribution >= 0.6 is 0 Å². The summed E-state index contributed by atoms with van der Waals surface area (Å²) in [6.45, 7) is 1.71. The lowest BCUT2D eigenvalue weighted by atomic mass is 10.2. The summed E-state index contributed by atoms with van der Waals surface area (Å²) in [6.07, 6.45) is 2.99. The number of benzene rings is 1. The van der Waals surface area contributed by atoms with Crippen LogP contribution in [0.1, 0.15) is 26.4 Å². The highest BCUT2D eigenvalue weighted by atomic mass is 16.5. The third kappa shape index (κ3) is 2.65. The van der Waals surface area contributed by atoms with Gasteiger partial charge in [0.1, 0.15) is 11.3 Å². The highest BCUT2D eigenvalue weighted by molar-refractivity contribution is 6.04. The lowest BCUT2D eigenvalue weighted by Crippen LogP contribution is -2.18. The second kappa shape index (κ2) is 6.13. The van der Waals surface area contributed by atoms with Crippen molar-refractivity contribution in [1.82, 2.24) is 25.1 Å². The van der Waals surface area contributed by atoms with Gasteiger partial charge in [0.25, 0.3) is 5.91 Å². The summed E-state index contributed by atoms with van der Waals surface area (Å²) in [5, 5.41) is 23.5. The minimum Gasteiger partial charge on any atom is -0.478 e. The molecule has 4 rings (SSSR count). The molecule has 1 amide bonds. The van der Waals surface area contributed by atoms with Crippen molar-refractivity contribution in [3.05, 3.63) is 53.5 Å². The fraction of sp³-hybridized carbons (Fsp3) is 0.111. The van der Waals surface area contributed by atoms with E-state index in [1.165, 1.54) is 16.9 Å². The summed E-state index contributed by atoms with van der Waals surface area (Å²) < 4.78 is 7.45. The molecule has 0 aliphatic heterocycles. The number of aromatic carboxylic acids is 1. The normalized spacial score (nSPS) is 11.0.